The van der Waals surface area contributed by atoms with Gasteiger partial charge < -0.3 is 10.1 Å². The first-order valence-corrected chi connectivity index (χ1v) is 7.58. The summed E-state index contributed by atoms with van der Waals surface area (Å²) >= 11 is 0. The first-order chi connectivity index (χ1) is 8.65. The molecule has 0 bridgehead atoms. The minimum absolute atomic E-state index is 0.622. The molecule has 2 atom stereocenters. The number of ether oxygens (including phenoxy) is 1. The Morgan fingerprint density at radius 1 is 1.28 bits per heavy atom. The zero-order valence-corrected chi connectivity index (χ0v) is 12.7. The van der Waals surface area contributed by atoms with E-state index in [2.05, 4.69) is 31.0 Å². The van der Waals surface area contributed by atoms with Gasteiger partial charge in [0.05, 0.1) is 6.61 Å². The third-order valence-corrected chi connectivity index (χ3v) is 4.32. The smallest absolute Gasteiger partial charge is 0.0589 e. The first-order valence-electron chi connectivity index (χ1n) is 7.58. The van der Waals surface area contributed by atoms with Gasteiger partial charge in [0.1, 0.15) is 0 Å². The number of nitrogens with zero attached hydrogens (tertiary/aromatic N) is 1. The van der Waals surface area contributed by atoms with Crippen molar-refractivity contribution in [1.29, 1.82) is 0 Å². The van der Waals surface area contributed by atoms with Crippen LogP contribution in [0.3, 0.4) is 0 Å². The van der Waals surface area contributed by atoms with Crippen molar-refractivity contribution in [2.75, 3.05) is 39.9 Å². The van der Waals surface area contributed by atoms with Gasteiger partial charge in [-0.05, 0) is 64.6 Å². The van der Waals surface area contributed by atoms with E-state index in [0.717, 1.165) is 25.0 Å². The fourth-order valence-corrected chi connectivity index (χ4v) is 2.81. The standard InChI is InChI=1S/C15H32N2O/c1-13(2)17(10-11-18-4)9-7-14(3)15-6-5-8-16-12-15/h13-16H,5-12H2,1-4H3. The summed E-state index contributed by atoms with van der Waals surface area (Å²) in [7, 11) is 1.79. The summed E-state index contributed by atoms with van der Waals surface area (Å²) in [5, 5.41) is 3.53. The molecule has 0 aromatic carbocycles. The van der Waals surface area contributed by atoms with Gasteiger partial charge in [-0.3, -0.25) is 4.90 Å². The molecule has 1 fully saturated rings. The molecule has 2 unspecified atom stereocenters. The third-order valence-electron chi connectivity index (χ3n) is 4.32. The number of methoxy groups -OCH3 is 1. The van der Waals surface area contributed by atoms with E-state index >= 15 is 0 Å². The molecule has 18 heavy (non-hydrogen) atoms. The molecule has 1 aliphatic rings. The van der Waals surface area contributed by atoms with Gasteiger partial charge in [0.2, 0.25) is 0 Å². The quantitative estimate of drug-likeness (QED) is 0.721. The van der Waals surface area contributed by atoms with E-state index in [1.807, 2.05) is 0 Å². The Bertz CT molecular complexity index is 203. The van der Waals surface area contributed by atoms with Gasteiger partial charge in [0.15, 0.2) is 0 Å². The van der Waals surface area contributed by atoms with Crippen LogP contribution in [0.2, 0.25) is 0 Å². The molecule has 0 aromatic rings. The lowest BCUT2D eigenvalue weighted by molar-refractivity contribution is 0.120. The van der Waals surface area contributed by atoms with E-state index in [9.17, 15) is 0 Å². The third kappa shape index (κ3) is 5.68. The maximum absolute atomic E-state index is 5.19. The van der Waals surface area contributed by atoms with Crippen molar-refractivity contribution in [2.24, 2.45) is 11.8 Å². The Morgan fingerprint density at radius 2 is 2.06 bits per heavy atom. The Labute approximate surface area is 113 Å². The summed E-state index contributed by atoms with van der Waals surface area (Å²) in [6.45, 7) is 12.5. The Hall–Kier alpha value is -0.120. The maximum atomic E-state index is 5.19. The largest absolute Gasteiger partial charge is 0.383 e. The number of nitrogens with one attached hydrogen (secondary N) is 1. The van der Waals surface area contributed by atoms with Crippen molar-refractivity contribution in [3.63, 3.8) is 0 Å². The van der Waals surface area contributed by atoms with Gasteiger partial charge in [-0.2, -0.15) is 0 Å². The monoisotopic (exact) mass is 256 g/mol. The van der Waals surface area contributed by atoms with Gasteiger partial charge in [-0.25, -0.2) is 0 Å². The summed E-state index contributed by atoms with van der Waals surface area (Å²) in [6, 6.07) is 0.622. The van der Waals surface area contributed by atoms with E-state index in [0.29, 0.717) is 6.04 Å². The summed E-state index contributed by atoms with van der Waals surface area (Å²) in [5.41, 5.74) is 0. The van der Waals surface area contributed by atoms with Crippen LogP contribution in [0.25, 0.3) is 0 Å². The van der Waals surface area contributed by atoms with E-state index in [-0.39, 0.29) is 0 Å². The zero-order chi connectivity index (χ0) is 13.4. The lowest BCUT2D eigenvalue weighted by Gasteiger charge is -2.32. The average molecular weight is 256 g/mol. The average Bonchev–Trinajstić information content (AvgIpc) is 2.39. The second-order valence-corrected chi connectivity index (χ2v) is 5.99. The Balaban J connectivity index is 2.26. The molecule has 0 radical (unpaired) electrons. The SMILES string of the molecule is COCCN(CCC(C)C1CCCNC1)C(C)C. The lowest BCUT2D eigenvalue weighted by Crippen LogP contribution is -2.38. The molecule has 0 amide bonds. The van der Waals surface area contributed by atoms with Gasteiger partial charge >= 0.3 is 0 Å². The minimum Gasteiger partial charge on any atom is -0.383 e. The summed E-state index contributed by atoms with van der Waals surface area (Å²) in [4.78, 5) is 2.54. The van der Waals surface area contributed by atoms with Gasteiger partial charge in [0, 0.05) is 19.7 Å². The molecule has 1 rings (SSSR count). The molecule has 1 N–H and O–H groups in total. The highest BCUT2D eigenvalue weighted by Crippen LogP contribution is 2.22. The first kappa shape index (κ1) is 15.9. The molecular formula is C15H32N2O. The number of hydrogen-bond donors (Lipinski definition) is 1. The summed E-state index contributed by atoms with van der Waals surface area (Å²) < 4.78 is 5.19. The molecule has 0 aliphatic carbocycles. The molecule has 0 spiro atoms. The number of hydrogen-bond acceptors (Lipinski definition) is 3. The van der Waals surface area contributed by atoms with Crippen molar-refractivity contribution in [3.05, 3.63) is 0 Å². The highest BCUT2D eigenvalue weighted by atomic mass is 16.5. The van der Waals surface area contributed by atoms with Crippen LogP contribution in [0.1, 0.15) is 40.0 Å². The summed E-state index contributed by atoms with van der Waals surface area (Å²) in [6.07, 6.45) is 4.08. The van der Waals surface area contributed by atoms with E-state index in [4.69, 9.17) is 4.74 Å². The van der Waals surface area contributed by atoms with Crippen molar-refractivity contribution < 1.29 is 4.74 Å². The van der Waals surface area contributed by atoms with Gasteiger partial charge in [-0.1, -0.05) is 6.92 Å². The van der Waals surface area contributed by atoms with E-state index in [1.54, 1.807) is 7.11 Å². The second-order valence-electron chi connectivity index (χ2n) is 5.99. The fourth-order valence-electron chi connectivity index (χ4n) is 2.81. The topological polar surface area (TPSA) is 24.5 Å². The Morgan fingerprint density at radius 3 is 2.61 bits per heavy atom. The van der Waals surface area contributed by atoms with Crippen LogP contribution in [0.5, 0.6) is 0 Å². The number of piperidine rings is 1. The molecule has 3 heteroatoms. The Kier molecular flexibility index (Phi) is 7.87. The molecule has 1 heterocycles. The highest BCUT2D eigenvalue weighted by molar-refractivity contribution is 4.75. The molecule has 0 saturated carbocycles. The summed E-state index contributed by atoms with van der Waals surface area (Å²) in [5.74, 6) is 1.72. The zero-order valence-electron chi connectivity index (χ0n) is 12.7. The van der Waals surface area contributed by atoms with E-state index in [1.165, 1.54) is 38.9 Å². The molecule has 1 aliphatic heterocycles. The van der Waals surface area contributed by atoms with Crippen LogP contribution in [-0.2, 0) is 4.74 Å². The van der Waals surface area contributed by atoms with Gasteiger partial charge in [0.25, 0.3) is 0 Å². The van der Waals surface area contributed by atoms with Crippen molar-refractivity contribution >= 4 is 0 Å². The molecule has 108 valence electrons. The lowest BCUT2D eigenvalue weighted by atomic mass is 9.85. The van der Waals surface area contributed by atoms with Crippen molar-refractivity contribution in [2.45, 2.75) is 46.1 Å². The van der Waals surface area contributed by atoms with Crippen LogP contribution < -0.4 is 5.32 Å². The predicted octanol–water partition coefficient (Wildman–Crippen LogP) is 2.37. The normalized spacial score (nSPS) is 22.7. The molecule has 1 saturated heterocycles. The molecule has 3 nitrogen and oxygen atoms in total. The highest BCUT2D eigenvalue weighted by Gasteiger charge is 2.20. The predicted molar refractivity (Wildman–Crippen MR) is 78.0 cm³/mol. The maximum Gasteiger partial charge on any atom is 0.0589 e. The van der Waals surface area contributed by atoms with Crippen molar-refractivity contribution in [1.82, 2.24) is 10.2 Å². The van der Waals surface area contributed by atoms with Crippen LogP contribution in [0, 0.1) is 11.8 Å². The second kappa shape index (κ2) is 8.89. The minimum atomic E-state index is 0.622. The van der Waals surface area contributed by atoms with Crippen LogP contribution >= 0.6 is 0 Å². The van der Waals surface area contributed by atoms with Crippen molar-refractivity contribution in [3.8, 4) is 0 Å². The van der Waals surface area contributed by atoms with E-state index < -0.39 is 0 Å². The number of rotatable bonds is 8. The van der Waals surface area contributed by atoms with Gasteiger partial charge in [-0.15, -0.1) is 0 Å². The van der Waals surface area contributed by atoms with Crippen LogP contribution in [0.4, 0.5) is 0 Å². The molecular weight excluding hydrogens is 224 g/mol. The fraction of sp³-hybridized carbons (Fsp3) is 1.00. The van der Waals surface area contributed by atoms with Crippen LogP contribution in [0.15, 0.2) is 0 Å². The molecule has 0 aromatic heterocycles. The van der Waals surface area contributed by atoms with Crippen LogP contribution in [-0.4, -0.2) is 50.8 Å².